The average Bonchev–Trinajstić information content (AvgIpc) is 3.38. The van der Waals surface area contributed by atoms with E-state index in [1.807, 2.05) is 76.2 Å². The normalized spacial score (nSPS) is 17.1. The third-order valence-electron chi connectivity index (χ3n) is 8.23. The van der Waals surface area contributed by atoms with Crippen LogP contribution < -0.4 is 5.32 Å². The van der Waals surface area contributed by atoms with Gasteiger partial charge in [-0.3, -0.25) is 4.79 Å². The molecule has 8 heteroatoms. The minimum absolute atomic E-state index is 0.0248. The maximum atomic E-state index is 13.0. The number of nitrogens with one attached hydrogen (secondary N) is 1. The van der Waals surface area contributed by atoms with Gasteiger partial charge < -0.3 is 24.3 Å². The van der Waals surface area contributed by atoms with E-state index in [1.165, 1.54) is 16.0 Å². The van der Waals surface area contributed by atoms with Crippen LogP contribution in [0, 0.1) is 0 Å². The molecule has 1 aliphatic heterocycles. The molecule has 0 radical (unpaired) electrons. The summed E-state index contributed by atoms with van der Waals surface area (Å²) in [7, 11) is 2.76. The Bertz CT molecular complexity index is 1430. The van der Waals surface area contributed by atoms with Crippen molar-refractivity contribution in [3.8, 4) is 11.1 Å². The van der Waals surface area contributed by atoms with Crippen LogP contribution in [0.25, 0.3) is 17.2 Å². The Morgan fingerprint density at radius 3 is 2.07 bits per heavy atom. The van der Waals surface area contributed by atoms with Gasteiger partial charge in [0.2, 0.25) is 0 Å². The van der Waals surface area contributed by atoms with Crippen molar-refractivity contribution in [3.05, 3.63) is 101 Å². The van der Waals surface area contributed by atoms with Crippen molar-refractivity contribution in [1.29, 1.82) is 0 Å². The van der Waals surface area contributed by atoms with E-state index in [9.17, 15) is 9.59 Å². The van der Waals surface area contributed by atoms with Gasteiger partial charge in [0, 0.05) is 32.1 Å². The quantitative estimate of drug-likeness (QED) is 0.367. The Morgan fingerprint density at radius 1 is 0.902 bits per heavy atom. The highest BCUT2D eigenvalue weighted by atomic mass is 16.7. The van der Waals surface area contributed by atoms with Crippen molar-refractivity contribution in [1.82, 2.24) is 10.2 Å². The lowest BCUT2D eigenvalue weighted by Crippen LogP contribution is -2.41. The lowest BCUT2D eigenvalue weighted by Gasteiger charge is -2.32. The molecule has 1 aliphatic carbocycles. The van der Waals surface area contributed by atoms with Crippen molar-refractivity contribution in [2.75, 3.05) is 27.2 Å². The molecule has 3 aromatic carbocycles. The van der Waals surface area contributed by atoms with Crippen LogP contribution in [0.4, 0.5) is 4.79 Å². The second kappa shape index (κ2) is 11.2. The second-order valence-corrected chi connectivity index (χ2v) is 11.8. The summed E-state index contributed by atoms with van der Waals surface area (Å²) >= 11 is 0. The first-order valence-electron chi connectivity index (χ1n) is 13.9. The highest BCUT2D eigenvalue weighted by Gasteiger charge is 2.52. The summed E-state index contributed by atoms with van der Waals surface area (Å²) in [5.41, 5.74) is 5.66. The largest absolute Gasteiger partial charge is 0.492 e. The minimum Gasteiger partial charge on any atom is -0.449 e. The molecular weight excluding hydrogens is 515 g/mol. The van der Waals surface area contributed by atoms with Crippen molar-refractivity contribution in [3.63, 3.8) is 0 Å². The highest BCUT2D eigenvalue weighted by molar-refractivity contribution is 6.56. The van der Waals surface area contributed by atoms with Gasteiger partial charge in [0.1, 0.15) is 6.61 Å². The van der Waals surface area contributed by atoms with E-state index in [0.717, 1.165) is 16.7 Å². The number of benzene rings is 3. The Morgan fingerprint density at radius 2 is 1.49 bits per heavy atom. The van der Waals surface area contributed by atoms with Crippen LogP contribution in [0.2, 0.25) is 0 Å². The molecule has 1 N–H and O–H groups in total. The third kappa shape index (κ3) is 5.81. The Hall–Kier alpha value is -3.88. The first-order valence-corrected chi connectivity index (χ1v) is 13.9. The molecule has 1 saturated heterocycles. The van der Waals surface area contributed by atoms with Crippen molar-refractivity contribution in [2.45, 2.75) is 44.8 Å². The van der Waals surface area contributed by atoms with Gasteiger partial charge in [-0.05, 0) is 73.1 Å². The SMILES string of the molecule is CN(C)C(=O)c1cccc(C=C(CNC(=O)OCC2c3ccccc3-c3ccccc32)B2OC(C)(C)C(C)(C)O2)c1. The number of carbonyl (C=O) groups is 2. The van der Waals surface area contributed by atoms with Gasteiger partial charge in [-0.2, -0.15) is 0 Å². The maximum absolute atomic E-state index is 13.0. The van der Waals surface area contributed by atoms with E-state index < -0.39 is 24.4 Å². The number of ether oxygens (including phenoxy) is 1. The van der Waals surface area contributed by atoms with Gasteiger partial charge >= 0.3 is 13.2 Å². The second-order valence-electron chi connectivity index (χ2n) is 11.8. The van der Waals surface area contributed by atoms with E-state index in [2.05, 4.69) is 29.6 Å². The number of hydrogen-bond acceptors (Lipinski definition) is 5. The van der Waals surface area contributed by atoms with Crippen molar-refractivity contribution in [2.24, 2.45) is 0 Å². The van der Waals surface area contributed by atoms with E-state index in [1.54, 1.807) is 20.2 Å². The van der Waals surface area contributed by atoms with Crippen LogP contribution >= 0.6 is 0 Å². The lowest BCUT2D eigenvalue weighted by molar-refractivity contribution is 0.00578. The fourth-order valence-corrected chi connectivity index (χ4v) is 5.25. The number of nitrogens with zero attached hydrogens (tertiary/aromatic N) is 1. The molecule has 7 nitrogen and oxygen atoms in total. The van der Waals surface area contributed by atoms with Gasteiger partial charge in [-0.15, -0.1) is 0 Å². The Labute approximate surface area is 242 Å². The van der Waals surface area contributed by atoms with E-state index in [-0.39, 0.29) is 25.0 Å². The summed E-state index contributed by atoms with van der Waals surface area (Å²) in [5, 5.41) is 2.90. The number of amides is 2. The number of hydrogen-bond donors (Lipinski definition) is 1. The molecule has 2 aliphatic rings. The van der Waals surface area contributed by atoms with E-state index in [0.29, 0.717) is 11.0 Å². The smallest absolute Gasteiger partial charge is 0.449 e. The molecule has 2 amide bonds. The molecule has 0 atom stereocenters. The molecule has 3 aromatic rings. The van der Waals surface area contributed by atoms with Crippen molar-refractivity contribution >= 4 is 25.2 Å². The predicted octanol–water partition coefficient (Wildman–Crippen LogP) is 5.94. The molecule has 1 fully saturated rings. The lowest BCUT2D eigenvalue weighted by atomic mass is 9.77. The van der Waals surface area contributed by atoms with Crippen LogP contribution in [0.3, 0.4) is 0 Å². The minimum atomic E-state index is -0.679. The summed E-state index contributed by atoms with van der Waals surface area (Å²) in [6.07, 6.45) is 1.38. The fourth-order valence-electron chi connectivity index (χ4n) is 5.25. The molecule has 0 bridgehead atoms. The van der Waals surface area contributed by atoms with Gasteiger partial charge in [0.15, 0.2) is 0 Å². The number of alkyl carbamates (subject to hydrolysis) is 1. The van der Waals surface area contributed by atoms with E-state index in [4.69, 9.17) is 14.0 Å². The summed E-state index contributed by atoms with van der Waals surface area (Å²) in [5.74, 6) is -0.113. The first kappa shape index (κ1) is 28.6. The Balaban J connectivity index is 1.32. The third-order valence-corrected chi connectivity index (χ3v) is 8.23. The number of carbonyl (C=O) groups excluding carboxylic acids is 2. The zero-order valence-electron chi connectivity index (χ0n) is 24.6. The van der Waals surface area contributed by atoms with Gasteiger partial charge in [-0.1, -0.05) is 66.7 Å². The van der Waals surface area contributed by atoms with E-state index >= 15 is 0 Å². The molecule has 212 valence electrons. The van der Waals surface area contributed by atoms with Gasteiger partial charge in [0.25, 0.3) is 5.91 Å². The van der Waals surface area contributed by atoms with Crippen molar-refractivity contribution < 1.29 is 23.6 Å². The topological polar surface area (TPSA) is 77.1 Å². The molecule has 0 saturated carbocycles. The van der Waals surface area contributed by atoms with Gasteiger partial charge in [0.05, 0.1) is 11.2 Å². The number of fused-ring (bicyclic) bond motifs is 3. The standard InChI is InChI=1S/C33H37BN2O5/c1-32(2)33(3,4)41-34(40-32)24(19-22-12-11-13-23(18-22)30(37)36(5)6)20-35-31(38)39-21-29-27-16-9-7-14-25(27)26-15-8-10-17-28(26)29/h7-19,29H,20-21H2,1-6H3,(H,35,38). The average molecular weight is 552 g/mol. The maximum Gasteiger partial charge on any atom is 0.492 e. The van der Waals surface area contributed by atoms with Crippen LogP contribution in [0.5, 0.6) is 0 Å². The molecule has 0 spiro atoms. The fraction of sp³-hybridized carbons (Fsp3) is 0.333. The predicted molar refractivity (Wildman–Crippen MR) is 162 cm³/mol. The zero-order valence-corrected chi connectivity index (χ0v) is 24.6. The molecule has 0 aromatic heterocycles. The summed E-state index contributed by atoms with van der Waals surface area (Å²) in [6, 6.07) is 23.8. The summed E-state index contributed by atoms with van der Waals surface area (Å²) in [6.45, 7) is 8.32. The summed E-state index contributed by atoms with van der Waals surface area (Å²) in [4.78, 5) is 27.1. The molecule has 0 unspecified atom stereocenters. The van der Waals surface area contributed by atoms with Crippen LogP contribution in [0.1, 0.15) is 60.7 Å². The van der Waals surface area contributed by atoms with Crippen LogP contribution in [0.15, 0.2) is 78.3 Å². The van der Waals surface area contributed by atoms with Gasteiger partial charge in [-0.25, -0.2) is 4.79 Å². The summed E-state index contributed by atoms with van der Waals surface area (Å²) < 4.78 is 18.4. The highest BCUT2D eigenvalue weighted by Crippen LogP contribution is 2.44. The van der Waals surface area contributed by atoms with Crippen LogP contribution in [-0.2, 0) is 14.0 Å². The zero-order chi connectivity index (χ0) is 29.4. The molecule has 1 heterocycles. The molecule has 41 heavy (non-hydrogen) atoms. The number of rotatable bonds is 7. The first-order chi connectivity index (χ1) is 19.5. The van der Waals surface area contributed by atoms with Crippen LogP contribution in [-0.4, -0.2) is 62.5 Å². The monoisotopic (exact) mass is 552 g/mol. The molecule has 5 rings (SSSR count). The molecular formula is C33H37BN2O5. The Kier molecular flexibility index (Phi) is 7.81.